The lowest BCUT2D eigenvalue weighted by Gasteiger charge is -2.11. The normalized spacial score (nSPS) is 14.6. The molecule has 1 aromatic carbocycles. The average molecular weight is 284 g/mol. The molecule has 0 amide bonds. The Hall–Kier alpha value is -1.68. The smallest absolute Gasteiger partial charge is 0.151 e. The molecule has 1 aliphatic carbocycles. The van der Waals surface area contributed by atoms with Gasteiger partial charge in [0.1, 0.15) is 5.82 Å². The second-order valence-electron chi connectivity index (χ2n) is 5.84. The third kappa shape index (κ3) is 3.16. The maximum Gasteiger partial charge on any atom is 0.151 e. The molecule has 1 N–H and O–H groups in total. The van der Waals surface area contributed by atoms with Gasteiger partial charge in [-0.1, -0.05) is 26.0 Å². The van der Waals surface area contributed by atoms with E-state index in [1.807, 2.05) is 4.68 Å². The first-order valence-electron chi connectivity index (χ1n) is 7.99. The van der Waals surface area contributed by atoms with E-state index in [2.05, 4.69) is 54.4 Å². The van der Waals surface area contributed by atoms with E-state index < -0.39 is 0 Å². The second-order valence-corrected chi connectivity index (χ2v) is 5.84. The summed E-state index contributed by atoms with van der Waals surface area (Å²) in [6, 6.07) is 7.38. The van der Waals surface area contributed by atoms with Gasteiger partial charge in [-0.25, -0.2) is 9.67 Å². The van der Waals surface area contributed by atoms with Gasteiger partial charge in [-0.15, -0.1) is 0 Å². The highest BCUT2D eigenvalue weighted by atomic mass is 15.3. The number of hydrogen-bond donors (Lipinski definition) is 1. The van der Waals surface area contributed by atoms with Crippen LogP contribution in [0.25, 0.3) is 5.69 Å². The van der Waals surface area contributed by atoms with Gasteiger partial charge in [-0.3, -0.25) is 0 Å². The Balaban J connectivity index is 1.91. The van der Waals surface area contributed by atoms with Crippen molar-refractivity contribution in [3.05, 3.63) is 41.0 Å². The Morgan fingerprint density at radius 1 is 1.24 bits per heavy atom. The number of benzene rings is 1. The topological polar surface area (TPSA) is 42.7 Å². The molecule has 0 unspecified atom stereocenters. The summed E-state index contributed by atoms with van der Waals surface area (Å²) in [5.74, 6) is 1.97. The molecule has 21 heavy (non-hydrogen) atoms. The summed E-state index contributed by atoms with van der Waals surface area (Å²) in [6.45, 7) is 7.31. The van der Waals surface area contributed by atoms with Crippen LogP contribution in [0.4, 0.5) is 0 Å². The Bertz CT molecular complexity index is 626. The fourth-order valence-electron chi connectivity index (χ4n) is 2.51. The van der Waals surface area contributed by atoms with E-state index in [9.17, 15) is 0 Å². The first-order chi connectivity index (χ1) is 10.2. The molecule has 4 heteroatoms. The molecule has 3 rings (SSSR count). The van der Waals surface area contributed by atoms with Crippen LogP contribution in [0, 0.1) is 6.92 Å². The number of aryl methyl sites for hydroxylation is 3. The molecule has 0 bridgehead atoms. The van der Waals surface area contributed by atoms with Gasteiger partial charge in [0, 0.05) is 25.4 Å². The third-order valence-electron chi connectivity index (χ3n) is 4.02. The van der Waals surface area contributed by atoms with Gasteiger partial charge in [-0.2, -0.15) is 5.10 Å². The van der Waals surface area contributed by atoms with E-state index in [0.717, 1.165) is 42.8 Å². The van der Waals surface area contributed by atoms with Crippen molar-refractivity contribution >= 4 is 0 Å². The number of aromatic nitrogens is 3. The van der Waals surface area contributed by atoms with E-state index in [1.165, 1.54) is 24.0 Å². The summed E-state index contributed by atoms with van der Waals surface area (Å²) < 4.78 is 2.02. The summed E-state index contributed by atoms with van der Waals surface area (Å²) in [5, 5.41) is 8.24. The zero-order chi connectivity index (χ0) is 14.8. The largest absolute Gasteiger partial charge is 0.310 e. The minimum absolute atomic E-state index is 0.735. The molecule has 1 aromatic heterocycles. The van der Waals surface area contributed by atoms with Gasteiger partial charge >= 0.3 is 0 Å². The fraction of sp³-hybridized carbons (Fsp3) is 0.529. The van der Waals surface area contributed by atoms with Crippen LogP contribution in [0.5, 0.6) is 0 Å². The summed E-state index contributed by atoms with van der Waals surface area (Å²) in [4.78, 5) is 4.61. The Morgan fingerprint density at radius 2 is 2.05 bits per heavy atom. The number of nitrogens with one attached hydrogen (secondary N) is 1. The van der Waals surface area contributed by atoms with E-state index in [0.29, 0.717) is 0 Å². The van der Waals surface area contributed by atoms with Gasteiger partial charge in [-0.05, 0) is 37.0 Å². The van der Waals surface area contributed by atoms with Crippen LogP contribution in [0.1, 0.15) is 49.5 Å². The highest BCUT2D eigenvalue weighted by molar-refractivity contribution is 5.43. The Morgan fingerprint density at radius 3 is 2.71 bits per heavy atom. The van der Waals surface area contributed by atoms with E-state index in [4.69, 9.17) is 0 Å². The molecule has 1 aliphatic rings. The zero-order valence-corrected chi connectivity index (χ0v) is 13.2. The van der Waals surface area contributed by atoms with Crippen LogP contribution in [0.15, 0.2) is 18.2 Å². The number of hydrogen-bond acceptors (Lipinski definition) is 3. The van der Waals surface area contributed by atoms with Gasteiger partial charge in [0.15, 0.2) is 5.82 Å². The zero-order valence-electron chi connectivity index (χ0n) is 13.2. The van der Waals surface area contributed by atoms with Gasteiger partial charge in [0.2, 0.25) is 0 Å². The molecule has 4 nitrogen and oxygen atoms in total. The van der Waals surface area contributed by atoms with E-state index in [-0.39, 0.29) is 0 Å². The van der Waals surface area contributed by atoms with Crippen molar-refractivity contribution in [2.45, 2.75) is 59.0 Å². The molecule has 112 valence electrons. The molecule has 0 atom stereocenters. The van der Waals surface area contributed by atoms with Crippen LogP contribution >= 0.6 is 0 Å². The quantitative estimate of drug-likeness (QED) is 0.887. The summed E-state index contributed by atoms with van der Waals surface area (Å²) >= 11 is 0. The molecule has 1 saturated carbocycles. The predicted molar refractivity (Wildman–Crippen MR) is 84.7 cm³/mol. The van der Waals surface area contributed by atoms with Crippen LogP contribution in [0.2, 0.25) is 0 Å². The predicted octanol–water partition coefficient (Wildman–Crippen LogP) is 2.95. The minimum atomic E-state index is 0.735. The highest BCUT2D eigenvalue weighted by Gasteiger charge is 2.20. The maximum absolute atomic E-state index is 4.66. The molecule has 0 radical (unpaired) electrons. The van der Waals surface area contributed by atoms with Gasteiger partial charge in [0.25, 0.3) is 0 Å². The summed E-state index contributed by atoms with van der Waals surface area (Å²) in [6.07, 6.45) is 4.42. The van der Waals surface area contributed by atoms with Gasteiger partial charge < -0.3 is 5.32 Å². The van der Waals surface area contributed by atoms with Crippen LogP contribution in [-0.2, 0) is 19.4 Å². The lowest BCUT2D eigenvalue weighted by molar-refractivity contribution is 0.686. The van der Waals surface area contributed by atoms with Crippen LogP contribution < -0.4 is 5.32 Å². The fourth-order valence-corrected chi connectivity index (χ4v) is 2.51. The first kappa shape index (κ1) is 14.3. The van der Waals surface area contributed by atoms with Crippen molar-refractivity contribution in [2.75, 3.05) is 0 Å². The molecular weight excluding hydrogens is 260 g/mol. The van der Waals surface area contributed by atoms with Crippen LogP contribution in [0.3, 0.4) is 0 Å². The first-order valence-corrected chi connectivity index (χ1v) is 7.99. The highest BCUT2D eigenvalue weighted by Crippen LogP contribution is 2.21. The Kier molecular flexibility index (Phi) is 4.06. The van der Waals surface area contributed by atoms with Crippen molar-refractivity contribution in [1.29, 1.82) is 0 Å². The van der Waals surface area contributed by atoms with Gasteiger partial charge in [0.05, 0.1) is 5.69 Å². The molecular formula is C17H24N4. The average Bonchev–Trinajstić information content (AvgIpc) is 3.24. The molecule has 0 saturated heterocycles. The SMILES string of the molecule is CCc1nc(CC)n(-c2cc(CNC3CC3)ccc2C)n1. The third-order valence-corrected chi connectivity index (χ3v) is 4.02. The second kappa shape index (κ2) is 5.98. The Labute approximate surface area is 126 Å². The van der Waals surface area contributed by atoms with Crippen LogP contribution in [-0.4, -0.2) is 20.8 Å². The summed E-state index contributed by atoms with van der Waals surface area (Å²) in [5.41, 5.74) is 3.72. The van der Waals surface area contributed by atoms with Crippen molar-refractivity contribution < 1.29 is 0 Å². The monoisotopic (exact) mass is 284 g/mol. The lowest BCUT2D eigenvalue weighted by Crippen LogP contribution is -2.15. The summed E-state index contributed by atoms with van der Waals surface area (Å²) in [7, 11) is 0. The molecule has 0 spiro atoms. The number of rotatable bonds is 6. The maximum atomic E-state index is 4.66. The standard InChI is InChI=1S/C17H24N4/c1-4-16-19-17(5-2)21(20-16)15-10-13(7-6-12(15)3)11-18-14-8-9-14/h6-7,10,14,18H,4-5,8-9,11H2,1-3H3. The molecule has 2 aromatic rings. The van der Waals surface area contributed by atoms with E-state index in [1.54, 1.807) is 0 Å². The minimum Gasteiger partial charge on any atom is -0.310 e. The van der Waals surface area contributed by atoms with Crippen molar-refractivity contribution in [3.63, 3.8) is 0 Å². The molecule has 1 heterocycles. The lowest BCUT2D eigenvalue weighted by atomic mass is 10.1. The molecule has 1 fully saturated rings. The molecule has 0 aliphatic heterocycles. The number of nitrogens with zero attached hydrogens (tertiary/aromatic N) is 3. The van der Waals surface area contributed by atoms with E-state index >= 15 is 0 Å². The van der Waals surface area contributed by atoms with Crippen molar-refractivity contribution in [3.8, 4) is 5.69 Å². The van der Waals surface area contributed by atoms with Crippen molar-refractivity contribution in [2.24, 2.45) is 0 Å². The van der Waals surface area contributed by atoms with Crippen molar-refractivity contribution in [1.82, 2.24) is 20.1 Å².